The molecular weight excluding hydrogens is 212 g/mol. The van der Waals surface area contributed by atoms with Crippen molar-refractivity contribution in [3.8, 4) is 0 Å². The standard InChI is InChI=1S/C10H14N2O2S/c1-3-6-15(13,14)12-9-5-4-8(2)10(11)7-9/h3-5,7,12H,1,6,11H2,2H3. The zero-order valence-corrected chi connectivity index (χ0v) is 9.34. The molecule has 0 fully saturated rings. The number of benzene rings is 1. The molecule has 0 heterocycles. The van der Waals surface area contributed by atoms with E-state index in [4.69, 9.17) is 5.73 Å². The van der Waals surface area contributed by atoms with Gasteiger partial charge >= 0.3 is 0 Å². The largest absolute Gasteiger partial charge is 0.398 e. The summed E-state index contributed by atoms with van der Waals surface area (Å²) >= 11 is 0. The second-order valence-electron chi connectivity index (χ2n) is 3.24. The van der Waals surface area contributed by atoms with Crippen LogP contribution in [0.4, 0.5) is 11.4 Å². The smallest absolute Gasteiger partial charge is 0.236 e. The Hall–Kier alpha value is -1.49. The lowest BCUT2D eigenvalue weighted by Crippen LogP contribution is -2.15. The molecule has 0 bridgehead atoms. The van der Waals surface area contributed by atoms with E-state index in [0.29, 0.717) is 11.4 Å². The van der Waals surface area contributed by atoms with Crippen molar-refractivity contribution in [1.29, 1.82) is 0 Å². The molecule has 0 aliphatic rings. The summed E-state index contributed by atoms with van der Waals surface area (Å²) in [6.07, 6.45) is 1.33. The number of nitrogens with two attached hydrogens (primary N) is 1. The number of hydrogen-bond donors (Lipinski definition) is 2. The van der Waals surface area contributed by atoms with E-state index >= 15 is 0 Å². The van der Waals surface area contributed by atoms with Crippen LogP contribution in [0.1, 0.15) is 5.56 Å². The lowest BCUT2D eigenvalue weighted by molar-refractivity contribution is 0.604. The molecule has 0 atom stereocenters. The minimum atomic E-state index is -3.34. The predicted molar refractivity (Wildman–Crippen MR) is 63.2 cm³/mol. The lowest BCUT2D eigenvalue weighted by atomic mass is 10.2. The first-order valence-electron chi connectivity index (χ1n) is 4.42. The van der Waals surface area contributed by atoms with Crippen LogP contribution in [0.5, 0.6) is 0 Å². The maximum absolute atomic E-state index is 11.4. The Morgan fingerprint density at radius 2 is 2.20 bits per heavy atom. The molecule has 1 aromatic carbocycles. The van der Waals surface area contributed by atoms with E-state index < -0.39 is 10.0 Å². The SMILES string of the molecule is C=CCS(=O)(=O)Nc1ccc(C)c(N)c1. The monoisotopic (exact) mass is 226 g/mol. The first-order chi connectivity index (χ1) is 6.94. The van der Waals surface area contributed by atoms with Crippen LogP contribution in [-0.2, 0) is 10.0 Å². The van der Waals surface area contributed by atoms with Crippen LogP contribution in [0.25, 0.3) is 0 Å². The molecule has 0 spiro atoms. The maximum Gasteiger partial charge on any atom is 0.236 e. The Morgan fingerprint density at radius 3 is 2.73 bits per heavy atom. The zero-order chi connectivity index (χ0) is 11.5. The summed E-state index contributed by atoms with van der Waals surface area (Å²) in [5.41, 5.74) is 7.61. The summed E-state index contributed by atoms with van der Waals surface area (Å²) in [6.45, 7) is 5.23. The summed E-state index contributed by atoms with van der Waals surface area (Å²) in [4.78, 5) is 0. The van der Waals surface area contributed by atoms with Gasteiger partial charge in [0.25, 0.3) is 0 Å². The summed E-state index contributed by atoms with van der Waals surface area (Å²) in [5.74, 6) is -0.110. The Bertz CT molecular complexity index is 466. The number of hydrogen-bond acceptors (Lipinski definition) is 3. The highest BCUT2D eigenvalue weighted by atomic mass is 32.2. The number of nitrogen functional groups attached to an aromatic ring is 1. The molecule has 5 heteroatoms. The Morgan fingerprint density at radius 1 is 1.53 bits per heavy atom. The van der Waals surface area contributed by atoms with E-state index in [9.17, 15) is 8.42 Å². The van der Waals surface area contributed by atoms with E-state index in [-0.39, 0.29) is 5.75 Å². The van der Waals surface area contributed by atoms with E-state index in [0.717, 1.165) is 5.56 Å². The Labute approximate surface area is 89.9 Å². The highest BCUT2D eigenvalue weighted by molar-refractivity contribution is 7.92. The van der Waals surface area contributed by atoms with Crippen LogP contribution in [0.2, 0.25) is 0 Å². The van der Waals surface area contributed by atoms with E-state index in [1.54, 1.807) is 18.2 Å². The van der Waals surface area contributed by atoms with Gasteiger partial charge in [0.15, 0.2) is 0 Å². The van der Waals surface area contributed by atoms with Gasteiger partial charge in [0.2, 0.25) is 10.0 Å². The van der Waals surface area contributed by atoms with Crippen LogP contribution in [0.3, 0.4) is 0 Å². The van der Waals surface area contributed by atoms with E-state index in [1.165, 1.54) is 6.08 Å². The van der Waals surface area contributed by atoms with Crippen molar-refractivity contribution < 1.29 is 8.42 Å². The van der Waals surface area contributed by atoms with Gasteiger partial charge in [0.1, 0.15) is 0 Å². The molecule has 0 radical (unpaired) electrons. The van der Waals surface area contributed by atoms with E-state index in [2.05, 4.69) is 11.3 Å². The molecule has 4 nitrogen and oxygen atoms in total. The summed E-state index contributed by atoms with van der Waals surface area (Å²) in [7, 11) is -3.34. The lowest BCUT2D eigenvalue weighted by Gasteiger charge is -2.07. The normalized spacial score (nSPS) is 11.0. The van der Waals surface area contributed by atoms with Gasteiger partial charge in [-0.1, -0.05) is 12.1 Å². The van der Waals surface area contributed by atoms with Gasteiger partial charge in [-0.15, -0.1) is 6.58 Å². The Balaban J connectivity index is 2.91. The summed E-state index contributed by atoms with van der Waals surface area (Å²) < 4.78 is 25.2. The first-order valence-corrected chi connectivity index (χ1v) is 6.07. The van der Waals surface area contributed by atoms with Gasteiger partial charge in [0.05, 0.1) is 11.4 Å². The van der Waals surface area contributed by atoms with E-state index in [1.807, 2.05) is 6.92 Å². The first kappa shape index (κ1) is 11.6. The third kappa shape index (κ3) is 3.28. The molecule has 82 valence electrons. The van der Waals surface area contributed by atoms with Crippen LogP contribution < -0.4 is 10.5 Å². The van der Waals surface area contributed by atoms with Crippen LogP contribution in [0.15, 0.2) is 30.9 Å². The average molecular weight is 226 g/mol. The van der Waals surface area contributed by atoms with Gasteiger partial charge in [-0.25, -0.2) is 8.42 Å². The van der Waals surface area contributed by atoms with Gasteiger partial charge < -0.3 is 5.73 Å². The minimum absolute atomic E-state index is 0.110. The molecule has 0 aliphatic carbocycles. The van der Waals surface area contributed by atoms with Crippen LogP contribution in [0, 0.1) is 6.92 Å². The van der Waals surface area contributed by atoms with Gasteiger partial charge in [-0.05, 0) is 24.6 Å². The summed E-state index contributed by atoms with van der Waals surface area (Å²) in [5, 5.41) is 0. The maximum atomic E-state index is 11.4. The van der Waals surface area contributed by atoms with Crippen molar-refractivity contribution in [2.45, 2.75) is 6.92 Å². The molecular formula is C10H14N2O2S. The number of aryl methyl sites for hydroxylation is 1. The highest BCUT2D eigenvalue weighted by Crippen LogP contribution is 2.17. The number of anilines is 2. The minimum Gasteiger partial charge on any atom is -0.398 e. The second-order valence-corrected chi connectivity index (χ2v) is 5.01. The van der Waals surface area contributed by atoms with Crippen molar-refractivity contribution in [2.24, 2.45) is 0 Å². The van der Waals surface area contributed by atoms with Crippen molar-refractivity contribution in [3.63, 3.8) is 0 Å². The molecule has 0 aromatic heterocycles. The van der Waals surface area contributed by atoms with Crippen LogP contribution in [-0.4, -0.2) is 14.2 Å². The third-order valence-corrected chi connectivity index (χ3v) is 3.11. The third-order valence-electron chi connectivity index (χ3n) is 1.89. The van der Waals surface area contributed by atoms with Gasteiger partial charge in [-0.2, -0.15) is 0 Å². The molecule has 0 saturated carbocycles. The molecule has 15 heavy (non-hydrogen) atoms. The fourth-order valence-electron chi connectivity index (χ4n) is 1.08. The van der Waals surface area contributed by atoms with Crippen molar-refractivity contribution >= 4 is 21.4 Å². The average Bonchev–Trinajstić information content (AvgIpc) is 2.10. The molecule has 1 rings (SSSR count). The van der Waals surface area contributed by atoms with Crippen molar-refractivity contribution in [2.75, 3.05) is 16.2 Å². The highest BCUT2D eigenvalue weighted by Gasteiger charge is 2.07. The number of rotatable bonds is 4. The van der Waals surface area contributed by atoms with Crippen LogP contribution >= 0.6 is 0 Å². The van der Waals surface area contributed by atoms with Crippen molar-refractivity contribution in [3.05, 3.63) is 36.4 Å². The predicted octanol–water partition coefficient (Wildman–Crippen LogP) is 1.50. The molecule has 0 saturated heterocycles. The van der Waals surface area contributed by atoms with Crippen molar-refractivity contribution in [1.82, 2.24) is 0 Å². The molecule has 0 unspecified atom stereocenters. The zero-order valence-electron chi connectivity index (χ0n) is 8.53. The molecule has 3 N–H and O–H groups in total. The Kier molecular flexibility index (Phi) is 3.36. The molecule has 1 aromatic rings. The number of sulfonamides is 1. The number of nitrogens with one attached hydrogen (secondary N) is 1. The fourth-order valence-corrected chi connectivity index (χ4v) is 1.96. The fraction of sp³-hybridized carbons (Fsp3) is 0.200. The van der Waals surface area contributed by atoms with Gasteiger partial charge in [-0.3, -0.25) is 4.72 Å². The quantitative estimate of drug-likeness (QED) is 0.603. The molecule has 0 amide bonds. The second kappa shape index (κ2) is 4.35. The van der Waals surface area contributed by atoms with Gasteiger partial charge in [0, 0.05) is 5.69 Å². The molecule has 0 aliphatic heterocycles. The topological polar surface area (TPSA) is 72.2 Å². The summed E-state index contributed by atoms with van der Waals surface area (Å²) in [6, 6.07) is 5.03.